The van der Waals surface area contributed by atoms with E-state index in [4.69, 9.17) is 5.73 Å². The van der Waals surface area contributed by atoms with Crippen molar-refractivity contribution >= 4 is 28.2 Å². The van der Waals surface area contributed by atoms with Gasteiger partial charge in [-0.3, -0.25) is 0 Å². The number of thiazole rings is 1. The van der Waals surface area contributed by atoms with Gasteiger partial charge in [-0.05, 0) is 26.0 Å². The SMILES string of the molecule is Cc1nc(C)c(-c2cc(N)nc3[nH]ccc23)s1. The Kier molecular flexibility index (Phi) is 2.16. The van der Waals surface area contributed by atoms with E-state index < -0.39 is 0 Å². The Morgan fingerprint density at radius 1 is 1.29 bits per heavy atom. The Morgan fingerprint density at radius 2 is 2.12 bits per heavy atom. The Balaban J connectivity index is 2.36. The minimum Gasteiger partial charge on any atom is -0.384 e. The van der Waals surface area contributed by atoms with Crippen molar-refractivity contribution in [2.45, 2.75) is 13.8 Å². The van der Waals surface area contributed by atoms with Crippen LogP contribution < -0.4 is 5.73 Å². The highest BCUT2D eigenvalue weighted by atomic mass is 32.1. The summed E-state index contributed by atoms with van der Waals surface area (Å²) >= 11 is 1.69. The molecule has 0 aliphatic carbocycles. The van der Waals surface area contributed by atoms with E-state index in [-0.39, 0.29) is 0 Å². The highest BCUT2D eigenvalue weighted by Crippen LogP contribution is 2.35. The molecule has 0 atom stereocenters. The smallest absolute Gasteiger partial charge is 0.140 e. The van der Waals surface area contributed by atoms with Gasteiger partial charge < -0.3 is 10.7 Å². The van der Waals surface area contributed by atoms with Crippen LogP contribution in [0.15, 0.2) is 18.3 Å². The number of nitrogen functional groups attached to an aromatic ring is 1. The summed E-state index contributed by atoms with van der Waals surface area (Å²) in [6.45, 7) is 4.04. The van der Waals surface area contributed by atoms with Gasteiger partial charge in [-0.25, -0.2) is 9.97 Å². The molecule has 0 radical (unpaired) electrons. The summed E-state index contributed by atoms with van der Waals surface area (Å²) in [5.74, 6) is 0.528. The van der Waals surface area contributed by atoms with Gasteiger partial charge in [0.05, 0.1) is 15.6 Å². The molecule has 86 valence electrons. The van der Waals surface area contributed by atoms with Gasteiger partial charge in [0, 0.05) is 17.1 Å². The van der Waals surface area contributed by atoms with E-state index in [2.05, 4.69) is 15.0 Å². The van der Waals surface area contributed by atoms with Gasteiger partial charge in [-0.2, -0.15) is 0 Å². The zero-order valence-corrected chi connectivity index (χ0v) is 10.4. The average Bonchev–Trinajstić information content (AvgIpc) is 2.83. The minimum absolute atomic E-state index is 0.528. The Morgan fingerprint density at radius 3 is 2.82 bits per heavy atom. The fraction of sp³-hybridized carbons (Fsp3) is 0.167. The highest BCUT2D eigenvalue weighted by Gasteiger charge is 2.12. The normalized spacial score (nSPS) is 11.2. The molecule has 4 nitrogen and oxygen atoms in total. The lowest BCUT2D eigenvalue weighted by atomic mass is 10.1. The molecule has 17 heavy (non-hydrogen) atoms. The van der Waals surface area contributed by atoms with Gasteiger partial charge in [-0.15, -0.1) is 11.3 Å². The van der Waals surface area contributed by atoms with Crippen LogP contribution in [-0.4, -0.2) is 15.0 Å². The maximum absolute atomic E-state index is 5.83. The number of fused-ring (bicyclic) bond motifs is 1. The number of nitrogens with zero attached hydrogens (tertiary/aromatic N) is 2. The van der Waals surface area contributed by atoms with Gasteiger partial charge in [0.2, 0.25) is 0 Å². The molecule has 0 aromatic carbocycles. The molecule has 3 aromatic heterocycles. The van der Waals surface area contributed by atoms with Gasteiger partial charge in [0.25, 0.3) is 0 Å². The minimum atomic E-state index is 0.528. The van der Waals surface area contributed by atoms with Gasteiger partial charge in [-0.1, -0.05) is 0 Å². The molecular formula is C12H12N4S. The number of aromatic amines is 1. The van der Waals surface area contributed by atoms with E-state index in [9.17, 15) is 0 Å². The fourth-order valence-electron chi connectivity index (χ4n) is 2.03. The molecule has 0 bridgehead atoms. The number of aromatic nitrogens is 3. The first-order chi connectivity index (χ1) is 8.15. The van der Waals surface area contributed by atoms with E-state index in [0.29, 0.717) is 5.82 Å². The molecule has 3 aromatic rings. The van der Waals surface area contributed by atoms with Crippen molar-refractivity contribution in [2.75, 3.05) is 5.73 Å². The van der Waals surface area contributed by atoms with Crippen LogP contribution >= 0.6 is 11.3 Å². The molecule has 5 heteroatoms. The number of H-pyrrole nitrogens is 1. The highest BCUT2D eigenvalue weighted by molar-refractivity contribution is 7.15. The molecule has 0 fully saturated rings. The second-order valence-electron chi connectivity index (χ2n) is 3.98. The van der Waals surface area contributed by atoms with Crippen molar-refractivity contribution in [1.82, 2.24) is 15.0 Å². The zero-order valence-electron chi connectivity index (χ0n) is 9.61. The first-order valence-corrected chi connectivity index (χ1v) is 6.15. The number of nitrogens with two attached hydrogens (primary N) is 1. The molecule has 0 aliphatic heterocycles. The summed E-state index contributed by atoms with van der Waals surface area (Å²) < 4.78 is 0. The van der Waals surface area contributed by atoms with E-state index in [1.165, 1.54) is 4.88 Å². The molecule has 3 rings (SSSR count). The summed E-state index contributed by atoms with van der Waals surface area (Å²) in [5, 5.41) is 2.16. The number of aryl methyl sites for hydroxylation is 2. The molecule has 0 spiro atoms. The monoisotopic (exact) mass is 244 g/mol. The standard InChI is InChI=1S/C12H12N4S/c1-6-11(17-7(2)15-6)9-5-10(13)16-12-8(9)3-4-14-12/h3-5H,1-2H3,(H3,13,14,16). The quantitative estimate of drug-likeness (QED) is 0.691. The topological polar surface area (TPSA) is 67.6 Å². The van der Waals surface area contributed by atoms with Crippen LogP contribution in [0.2, 0.25) is 0 Å². The Labute approximate surface area is 103 Å². The number of anilines is 1. The van der Waals surface area contributed by atoms with Gasteiger partial charge in [0.1, 0.15) is 11.5 Å². The van der Waals surface area contributed by atoms with Gasteiger partial charge in [0.15, 0.2) is 0 Å². The van der Waals surface area contributed by atoms with Crippen LogP contribution in [0.25, 0.3) is 21.5 Å². The first kappa shape index (κ1) is 10.3. The van der Waals surface area contributed by atoms with Crippen molar-refractivity contribution in [3.05, 3.63) is 29.0 Å². The summed E-state index contributed by atoms with van der Waals surface area (Å²) in [6, 6.07) is 3.93. The van der Waals surface area contributed by atoms with Crippen molar-refractivity contribution in [3.8, 4) is 10.4 Å². The third-order valence-corrected chi connectivity index (χ3v) is 3.80. The van der Waals surface area contributed by atoms with Crippen LogP contribution in [-0.2, 0) is 0 Å². The van der Waals surface area contributed by atoms with Crippen LogP contribution in [0.1, 0.15) is 10.7 Å². The molecule has 3 heterocycles. The van der Waals surface area contributed by atoms with Crippen LogP contribution in [0, 0.1) is 13.8 Å². The van der Waals surface area contributed by atoms with E-state index in [1.807, 2.05) is 32.2 Å². The number of nitrogens with one attached hydrogen (secondary N) is 1. The summed E-state index contributed by atoms with van der Waals surface area (Å²) in [6.07, 6.45) is 1.88. The van der Waals surface area contributed by atoms with Crippen molar-refractivity contribution in [2.24, 2.45) is 0 Å². The molecular weight excluding hydrogens is 232 g/mol. The number of rotatable bonds is 1. The fourth-order valence-corrected chi connectivity index (χ4v) is 2.98. The average molecular weight is 244 g/mol. The second kappa shape index (κ2) is 3.56. The summed E-state index contributed by atoms with van der Waals surface area (Å²) in [4.78, 5) is 13.0. The largest absolute Gasteiger partial charge is 0.384 e. The third kappa shape index (κ3) is 1.59. The Hall–Kier alpha value is -1.88. The molecule has 0 aliphatic rings. The van der Waals surface area contributed by atoms with E-state index in [1.54, 1.807) is 11.3 Å². The van der Waals surface area contributed by atoms with Crippen LogP contribution in [0.3, 0.4) is 0 Å². The summed E-state index contributed by atoms with van der Waals surface area (Å²) in [7, 11) is 0. The van der Waals surface area contributed by atoms with Crippen molar-refractivity contribution in [1.29, 1.82) is 0 Å². The maximum Gasteiger partial charge on any atom is 0.140 e. The van der Waals surface area contributed by atoms with Crippen molar-refractivity contribution in [3.63, 3.8) is 0 Å². The van der Waals surface area contributed by atoms with Gasteiger partial charge >= 0.3 is 0 Å². The molecule has 3 N–H and O–H groups in total. The predicted molar refractivity (Wildman–Crippen MR) is 71.1 cm³/mol. The second-order valence-corrected chi connectivity index (χ2v) is 5.19. The number of hydrogen-bond acceptors (Lipinski definition) is 4. The van der Waals surface area contributed by atoms with E-state index >= 15 is 0 Å². The number of pyridine rings is 1. The lowest BCUT2D eigenvalue weighted by Crippen LogP contribution is -1.92. The molecule has 0 saturated carbocycles. The molecule has 0 unspecified atom stereocenters. The van der Waals surface area contributed by atoms with Crippen LogP contribution in [0.5, 0.6) is 0 Å². The maximum atomic E-state index is 5.83. The lowest BCUT2D eigenvalue weighted by Gasteiger charge is -2.02. The lowest BCUT2D eigenvalue weighted by molar-refractivity contribution is 1.20. The summed E-state index contributed by atoms with van der Waals surface area (Å²) in [5.41, 5.74) is 8.81. The third-order valence-electron chi connectivity index (χ3n) is 2.70. The van der Waals surface area contributed by atoms with Crippen molar-refractivity contribution < 1.29 is 0 Å². The predicted octanol–water partition coefficient (Wildman–Crippen LogP) is 2.89. The molecule has 0 amide bonds. The van der Waals surface area contributed by atoms with E-state index in [0.717, 1.165) is 27.3 Å². The first-order valence-electron chi connectivity index (χ1n) is 5.33. The number of hydrogen-bond donors (Lipinski definition) is 2. The Bertz CT molecular complexity index is 696. The molecule has 0 saturated heterocycles. The zero-order chi connectivity index (χ0) is 12.0. The van der Waals surface area contributed by atoms with Crippen LogP contribution in [0.4, 0.5) is 5.82 Å².